The minimum absolute atomic E-state index is 0.116. The topological polar surface area (TPSA) is 29.1 Å². The van der Waals surface area contributed by atoms with Crippen molar-refractivity contribution < 1.29 is 4.79 Å². The fraction of sp³-hybridized carbons (Fsp3) is 0.533. The number of rotatable bonds is 2. The van der Waals surface area contributed by atoms with E-state index in [1.807, 2.05) is 6.07 Å². The van der Waals surface area contributed by atoms with Gasteiger partial charge in [-0.15, -0.1) is 0 Å². The summed E-state index contributed by atoms with van der Waals surface area (Å²) < 4.78 is 0. The number of carbonyl (C=O) groups is 1. The zero-order valence-corrected chi connectivity index (χ0v) is 11.1. The van der Waals surface area contributed by atoms with E-state index in [9.17, 15) is 4.79 Å². The molecule has 0 fully saturated rings. The molecule has 1 aromatic carbocycles. The van der Waals surface area contributed by atoms with Gasteiger partial charge in [-0.3, -0.25) is 4.79 Å². The summed E-state index contributed by atoms with van der Waals surface area (Å²) >= 11 is 0. The van der Waals surface area contributed by atoms with Gasteiger partial charge >= 0.3 is 0 Å². The summed E-state index contributed by atoms with van der Waals surface area (Å²) in [5, 5.41) is 3.02. The lowest BCUT2D eigenvalue weighted by molar-refractivity contribution is -0.121. The molecular formula is C15H21NO. The summed E-state index contributed by atoms with van der Waals surface area (Å²) in [7, 11) is 0. The van der Waals surface area contributed by atoms with Crippen molar-refractivity contribution in [1.82, 2.24) is 0 Å². The Labute approximate surface area is 103 Å². The SMILES string of the molecule is CC(C)c1ccc2c(c1)CC(C(C)C)C(=O)N2. The Kier molecular flexibility index (Phi) is 3.23. The van der Waals surface area contributed by atoms with Crippen LogP contribution in [-0.2, 0) is 11.2 Å². The zero-order valence-electron chi connectivity index (χ0n) is 11.1. The molecule has 1 N–H and O–H groups in total. The number of carbonyl (C=O) groups excluding carboxylic acids is 1. The van der Waals surface area contributed by atoms with Gasteiger partial charge in [0.2, 0.25) is 5.91 Å². The van der Waals surface area contributed by atoms with Gasteiger partial charge < -0.3 is 5.32 Å². The summed E-state index contributed by atoms with van der Waals surface area (Å²) in [5.41, 5.74) is 3.63. The monoisotopic (exact) mass is 231 g/mol. The van der Waals surface area contributed by atoms with Crippen molar-refractivity contribution in [2.24, 2.45) is 11.8 Å². The molecule has 92 valence electrons. The molecule has 0 aromatic heterocycles. The van der Waals surface area contributed by atoms with Crippen LogP contribution in [0.25, 0.3) is 0 Å². The fourth-order valence-corrected chi connectivity index (χ4v) is 2.36. The first-order valence-corrected chi connectivity index (χ1v) is 6.42. The van der Waals surface area contributed by atoms with Gasteiger partial charge in [0.05, 0.1) is 0 Å². The Morgan fingerprint density at radius 3 is 2.53 bits per heavy atom. The maximum Gasteiger partial charge on any atom is 0.228 e. The molecule has 1 aliphatic rings. The highest BCUT2D eigenvalue weighted by molar-refractivity contribution is 5.95. The van der Waals surface area contributed by atoms with E-state index >= 15 is 0 Å². The maximum absolute atomic E-state index is 11.9. The zero-order chi connectivity index (χ0) is 12.6. The van der Waals surface area contributed by atoms with Crippen LogP contribution in [0, 0.1) is 11.8 Å². The Balaban J connectivity index is 2.33. The van der Waals surface area contributed by atoms with Crippen molar-refractivity contribution in [3.8, 4) is 0 Å². The third kappa shape index (κ3) is 2.36. The van der Waals surface area contributed by atoms with Crippen LogP contribution >= 0.6 is 0 Å². The number of hydrogen-bond donors (Lipinski definition) is 1. The molecule has 0 radical (unpaired) electrons. The fourth-order valence-electron chi connectivity index (χ4n) is 2.36. The third-order valence-corrected chi connectivity index (χ3v) is 3.64. The van der Waals surface area contributed by atoms with Crippen LogP contribution in [0.5, 0.6) is 0 Å². The number of fused-ring (bicyclic) bond motifs is 1. The van der Waals surface area contributed by atoms with E-state index in [0.717, 1.165) is 12.1 Å². The van der Waals surface area contributed by atoms with Crippen molar-refractivity contribution in [2.75, 3.05) is 5.32 Å². The number of nitrogens with one attached hydrogen (secondary N) is 1. The second kappa shape index (κ2) is 4.52. The van der Waals surface area contributed by atoms with Crippen molar-refractivity contribution in [3.63, 3.8) is 0 Å². The molecule has 1 aliphatic heterocycles. The number of anilines is 1. The minimum Gasteiger partial charge on any atom is -0.326 e. The molecule has 2 nitrogen and oxygen atoms in total. The molecule has 2 heteroatoms. The van der Waals surface area contributed by atoms with Crippen LogP contribution in [0.2, 0.25) is 0 Å². The molecule has 0 aliphatic carbocycles. The van der Waals surface area contributed by atoms with Crippen LogP contribution in [-0.4, -0.2) is 5.91 Å². The van der Waals surface area contributed by atoms with Crippen LogP contribution in [0.4, 0.5) is 5.69 Å². The van der Waals surface area contributed by atoms with Crippen LogP contribution in [0.1, 0.15) is 44.7 Å². The molecule has 0 spiro atoms. The Bertz CT molecular complexity index is 435. The quantitative estimate of drug-likeness (QED) is 0.828. The molecule has 17 heavy (non-hydrogen) atoms. The minimum atomic E-state index is 0.116. The van der Waals surface area contributed by atoms with E-state index in [4.69, 9.17) is 0 Å². The average Bonchev–Trinajstić information content (AvgIpc) is 2.27. The number of benzene rings is 1. The molecule has 1 amide bonds. The third-order valence-electron chi connectivity index (χ3n) is 3.64. The van der Waals surface area contributed by atoms with Gasteiger partial charge in [-0.2, -0.15) is 0 Å². The molecule has 2 rings (SSSR count). The van der Waals surface area contributed by atoms with E-state index in [-0.39, 0.29) is 11.8 Å². The van der Waals surface area contributed by atoms with E-state index in [2.05, 4.69) is 45.1 Å². The second-order valence-corrected chi connectivity index (χ2v) is 5.62. The molecule has 0 saturated carbocycles. The van der Waals surface area contributed by atoms with E-state index in [0.29, 0.717) is 11.8 Å². The smallest absolute Gasteiger partial charge is 0.228 e. The first kappa shape index (κ1) is 12.2. The van der Waals surface area contributed by atoms with E-state index in [1.165, 1.54) is 11.1 Å². The van der Waals surface area contributed by atoms with Gasteiger partial charge in [-0.1, -0.05) is 39.8 Å². The molecular weight excluding hydrogens is 210 g/mol. The first-order valence-electron chi connectivity index (χ1n) is 6.42. The lowest BCUT2D eigenvalue weighted by atomic mass is 9.84. The lowest BCUT2D eigenvalue weighted by Gasteiger charge is -2.27. The van der Waals surface area contributed by atoms with E-state index < -0.39 is 0 Å². The largest absolute Gasteiger partial charge is 0.326 e. The molecule has 0 bridgehead atoms. The summed E-state index contributed by atoms with van der Waals surface area (Å²) in [5.74, 6) is 1.22. The lowest BCUT2D eigenvalue weighted by Crippen LogP contribution is -2.33. The number of hydrogen-bond acceptors (Lipinski definition) is 1. The Morgan fingerprint density at radius 1 is 1.24 bits per heavy atom. The highest BCUT2D eigenvalue weighted by Crippen LogP contribution is 2.31. The summed E-state index contributed by atoms with van der Waals surface area (Å²) in [6.45, 7) is 8.62. The highest BCUT2D eigenvalue weighted by atomic mass is 16.1. The van der Waals surface area contributed by atoms with Crippen LogP contribution in [0.3, 0.4) is 0 Å². The van der Waals surface area contributed by atoms with Gasteiger partial charge in [0.15, 0.2) is 0 Å². The first-order chi connectivity index (χ1) is 7.99. The highest BCUT2D eigenvalue weighted by Gasteiger charge is 2.28. The molecule has 1 aromatic rings. The average molecular weight is 231 g/mol. The van der Waals surface area contributed by atoms with Gasteiger partial charge in [-0.05, 0) is 35.4 Å². The predicted molar refractivity (Wildman–Crippen MR) is 71.2 cm³/mol. The normalized spacial score (nSPS) is 19.4. The van der Waals surface area contributed by atoms with Gasteiger partial charge in [0.1, 0.15) is 0 Å². The molecule has 1 unspecified atom stereocenters. The van der Waals surface area contributed by atoms with Crippen molar-refractivity contribution in [3.05, 3.63) is 29.3 Å². The second-order valence-electron chi connectivity index (χ2n) is 5.62. The molecule has 1 heterocycles. The Morgan fingerprint density at radius 2 is 1.94 bits per heavy atom. The summed E-state index contributed by atoms with van der Waals surface area (Å²) in [4.78, 5) is 11.9. The van der Waals surface area contributed by atoms with Crippen LogP contribution < -0.4 is 5.32 Å². The summed E-state index contributed by atoms with van der Waals surface area (Å²) in [6, 6.07) is 6.40. The standard InChI is InChI=1S/C15H21NO/c1-9(2)11-5-6-14-12(7-11)8-13(10(3)4)15(17)16-14/h5-7,9-10,13H,8H2,1-4H3,(H,16,17). The number of amides is 1. The van der Waals surface area contributed by atoms with Crippen molar-refractivity contribution in [2.45, 2.75) is 40.0 Å². The predicted octanol–water partition coefficient (Wildman–Crippen LogP) is 3.58. The van der Waals surface area contributed by atoms with E-state index in [1.54, 1.807) is 0 Å². The summed E-state index contributed by atoms with van der Waals surface area (Å²) in [6.07, 6.45) is 0.874. The van der Waals surface area contributed by atoms with Crippen molar-refractivity contribution in [1.29, 1.82) is 0 Å². The van der Waals surface area contributed by atoms with Crippen molar-refractivity contribution >= 4 is 11.6 Å². The maximum atomic E-state index is 11.9. The van der Waals surface area contributed by atoms with Gasteiger partial charge in [0.25, 0.3) is 0 Å². The molecule has 1 atom stereocenters. The van der Waals surface area contributed by atoms with Gasteiger partial charge in [0, 0.05) is 11.6 Å². The van der Waals surface area contributed by atoms with Crippen LogP contribution in [0.15, 0.2) is 18.2 Å². The molecule has 0 saturated heterocycles. The van der Waals surface area contributed by atoms with Gasteiger partial charge in [-0.25, -0.2) is 0 Å². The Hall–Kier alpha value is -1.31.